The van der Waals surface area contributed by atoms with Crippen LogP contribution in [0.4, 0.5) is 4.79 Å². The molecule has 1 amide bonds. The van der Waals surface area contributed by atoms with Gasteiger partial charge in [-0.1, -0.05) is 26.8 Å². The number of nitrogens with one attached hydrogen (secondary N) is 1. The van der Waals surface area contributed by atoms with Gasteiger partial charge in [0.05, 0.1) is 6.04 Å². The van der Waals surface area contributed by atoms with Gasteiger partial charge in [-0.2, -0.15) is 0 Å². The molecule has 78 valence electrons. The highest BCUT2D eigenvalue weighted by molar-refractivity contribution is 7.10. The second-order valence-corrected chi connectivity index (χ2v) is 5.24. The first-order valence-electron chi connectivity index (χ1n) is 4.44. The molecule has 14 heavy (non-hydrogen) atoms. The maximum Gasteiger partial charge on any atom is 0.405 e. The Hall–Kier alpha value is -1.03. The highest BCUT2D eigenvalue weighted by Gasteiger charge is 2.28. The van der Waals surface area contributed by atoms with Crippen molar-refractivity contribution in [2.45, 2.75) is 26.8 Å². The molecule has 1 aromatic rings. The third-order valence-electron chi connectivity index (χ3n) is 1.96. The molecule has 1 aromatic heterocycles. The molecule has 1 rings (SSSR count). The molecular weight excluding hydrogens is 198 g/mol. The van der Waals surface area contributed by atoms with Crippen molar-refractivity contribution in [3.8, 4) is 0 Å². The summed E-state index contributed by atoms with van der Waals surface area (Å²) in [7, 11) is 0. The van der Waals surface area contributed by atoms with Crippen LogP contribution in [0.3, 0.4) is 0 Å². The lowest BCUT2D eigenvalue weighted by Crippen LogP contribution is -2.35. The Kier molecular flexibility index (Phi) is 3.16. The molecule has 2 N–H and O–H groups in total. The Morgan fingerprint density at radius 3 is 2.57 bits per heavy atom. The van der Waals surface area contributed by atoms with Crippen molar-refractivity contribution in [2.75, 3.05) is 0 Å². The van der Waals surface area contributed by atoms with Crippen molar-refractivity contribution in [3.63, 3.8) is 0 Å². The minimum Gasteiger partial charge on any atom is -0.465 e. The third-order valence-corrected chi connectivity index (χ3v) is 2.90. The van der Waals surface area contributed by atoms with Crippen LogP contribution < -0.4 is 5.32 Å². The van der Waals surface area contributed by atoms with Crippen molar-refractivity contribution in [1.82, 2.24) is 5.32 Å². The van der Waals surface area contributed by atoms with Gasteiger partial charge >= 0.3 is 6.09 Å². The van der Waals surface area contributed by atoms with Gasteiger partial charge in [0.1, 0.15) is 0 Å². The van der Waals surface area contributed by atoms with Gasteiger partial charge in [0.25, 0.3) is 0 Å². The molecule has 0 bridgehead atoms. The second kappa shape index (κ2) is 4.00. The van der Waals surface area contributed by atoms with Crippen LogP contribution in [-0.4, -0.2) is 11.2 Å². The largest absolute Gasteiger partial charge is 0.465 e. The Morgan fingerprint density at radius 1 is 1.57 bits per heavy atom. The van der Waals surface area contributed by atoms with E-state index in [4.69, 9.17) is 5.11 Å². The quantitative estimate of drug-likeness (QED) is 0.793. The predicted octanol–water partition coefficient (Wildman–Crippen LogP) is 3.10. The number of thiophene rings is 1. The molecular formula is C10H15NO2S. The summed E-state index contributed by atoms with van der Waals surface area (Å²) < 4.78 is 0. The van der Waals surface area contributed by atoms with E-state index in [0.29, 0.717) is 0 Å². The standard InChI is InChI=1S/C10H15NO2S/c1-10(2,3)8(11-9(12)13)7-5-4-6-14-7/h4-6,8,11H,1-3H3,(H,12,13). The predicted molar refractivity (Wildman–Crippen MR) is 57.7 cm³/mol. The number of hydrogen-bond acceptors (Lipinski definition) is 2. The fraction of sp³-hybridized carbons (Fsp3) is 0.500. The summed E-state index contributed by atoms with van der Waals surface area (Å²) in [5, 5.41) is 13.2. The smallest absolute Gasteiger partial charge is 0.405 e. The van der Waals surface area contributed by atoms with Crippen LogP contribution in [0.5, 0.6) is 0 Å². The van der Waals surface area contributed by atoms with Gasteiger partial charge in [-0.05, 0) is 16.9 Å². The Morgan fingerprint density at radius 2 is 2.21 bits per heavy atom. The van der Waals surface area contributed by atoms with Crippen molar-refractivity contribution < 1.29 is 9.90 Å². The summed E-state index contributed by atoms with van der Waals surface area (Å²) in [6.07, 6.45) is -0.974. The van der Waals surface area contributed by atoms with Gasteiger partial charge in [-0.15, -0.1) is 11.3 Å². The van der Waals surface area contributed by atoms with Gasteiger partial charge in [-0.3, -0.25) is 0 Å². The summed E-state index contributed by atoms with van der Waals surface area (Å²) in [6.45, 7) is 6.06. The molecule has 0 radical (unpaired) electrons. The topological polar surface area (TPSA) is 49.3 Å². The lowest BCUT2D eigenvalue weighted by atomic mass is 9.86. The van der Waals surface area contributed by atoms with Gasteiger partial charge in [0.2, 0.25) is 0 Å². The maximum absolute atomic E-state index is 10.6. The van der Waals surface area contributed by atoms with E-state index in [1.165, 1.54) is 0 Å². The number of hydrogen-bond donors (Lipinski definition) is 2. The second-order valence-electron chi connectivity index (χ2n) is 4.26. The van der Waals surface area contributed by atoms with Gasteiger partial charge in [-0.25, -0.2) is 4.79 Å². The lowest BCUT2D eigenvalue weighted by Gasteiger charge is -2.29. The van der Waals surface area contributed by atoms with E-state index in [2.05, 4.69) is 5.32 Å². The van der Waals surface area contributed by atoms with Crippen LogP contribution in [-0.2, 0) is 0 Å². The number of carboxylic acid groups (broad SMARTS) is 1. The fourth-order valence-corrected chi connectivity index (χ4v) is 2.31. The van der Waals surface area contributed by atoms with E-state index in [0.717, 1.165) is 4.88 Å². The van der Waals surface area contributed by atoms with E-state index in [1.54, 1.807) is 11.3 Å². The number of amides is 1. The molecule has 3 nitrogen and oxygen atoms in total. The molecule has 0 spiro atoms. The molecule has 0 aliphatic carbocycles. The van der Waals surface area contributed by atoms with Gasteiger partial charge in [0.15, 0.2) is 0 Å². The van der Waals surface area contributed by atoms with Gasteiger partial charge in [0, 0.05) is 4.88 Å². The van der Waals surface area contributed by atoms with Crippen LogP contribution in [0, 0.1) is 5.41 Å². The third kappa shape index (κ3) is 2.73. The van der Waals surface area contributed by atoms with Crippen LogP contribution >= 0.6 is 11.3 Å². The summed E-state index contributed by atoms with van der Waals surface area (Å²) >= 11 is 1.57. The highest BCUT2D eigenvalue weighted by Crippen LogP contribution is 2.34. The molecule has 1 heterocycles. The van der Waals surface area contributed by atoms with E-state index in [9.17, 15) is 4.79 Å². The van der Waals surface area contributed by atoms with Crippen molar-refractivity contribution >= 4 is 17.4 Å². The molecule has 0 fully saturated rings. The van der Waals surface area contributed by atoms with Gasteiger partial charge < -0.3 is 10.4 Å². The summed E-state index contributed by atoms with van der Waals surface area (Å²) in [6, 6.07) is 3.75. The minimum absolute atomic E-state index is 0.108. The molecule has 0 aliphatic rings. The SMILES string of the molecule is CC(C)(C)C(NC(=O)O)c1cccs1. The van der Waals surface area contributed by atoms with Crippen LogP contribution in [0.1, 0.15) is 31.7 Å². The van der Waals surface area contributed by atoms with Crippen molar-refractivity contribution in [3.05, 3.63) is 22.4 Å². The van der Waals surface area contributed by atoms with Crippen LogP contribution in [0.25, 0.3) is 0 Å². The summed E-state index contributed by atoms with van der Waals surface area (Å²) in [4.78, 5) is 11.7. The highest BCUT2D eigenvalue weighted by atomic mass is 32.1. The first kappa shape index (κ1) is 11.0. The Labute approximate surface area is 87.8 Å². The average Bonchev–Trinajstić information content (AvgIpc) is 2.49. The maximum atomic E-state index is 10.6. The summed E-state index contributed by atoms with van der Waals surface area (Å²) in [5.74, 6) is 0. The zero-order chi connectivity index (χ0) is 10.8. The normalized spacial score (nSPS) is 13.6. The molecule has 0 aromatic carbocycles. The molecule has 1 atom stereocenters. The Bertz CT molecular complexity index is 300. The first-order valence-corrected chi connectivity index (χ1v) is 5.32. The number of carbonyl (C=O) groups is 1. The van der Waals surface area contributed by atoms with Crippen molar-refractivity contribution in [1.29, 1.82) is 0 Å². The Balaban J connectivity index is 2.89. The molecule has 0 aliphatic heterocycles. The van der Waals surface area contributed by atoms with Crippen LogP contribution in [0.15, 0.2) is 17.5 Å². The first-order chi connectivity index (χ1) is 6.41. The van der Waals surface area contributed by atoms with E-state index >= 15 is 0 Å². The monoisotopic (exact) mass is 213 g/mol. The van der Waals surface area contributed by atoms with E-state index in [-0.39, 0.29) is 11.5 Å². The summed E-state index contributed by atoms with van der Waals surface area (Å²) in [5.41, 5.74) is -0.108. The number of rotatable bonds is 2. The lowest BCUT2D eigenvalue weighted by molar-refractivity contribution is 0.175. The molecule has 0 saturated carbocycles. The molecule has 4 heteroatoms. The zero-order valence-corrected chi connectivity index (χ0v) is 9.39. The van der Waals surface area contributed by atoms with E-state index in [1.807, 2.05) is 38.3 Å². The van der Waals surface area contributed by atoms with Crippen LogP contribution in [0.2, 0.25) is 0 Å². The fourth-order valence-electron chi connectivity index (χ4n) is 1.29. The van der Waals surface area contributed by atoms with E-state index < -0.39 is 6.09 Å². The molecule has 0 saturated heterocycles. The van der Waals surface area contributed by atoms with Crippen molar-refractivity contribution in [2.24, 2.45) is 5.41 Å². The minimum atomic E-state index is -0.974. The zero-order valence-electron chi connectivity index (χ0n) is 8.57. The molecule has 1 unspecified atom stereocenters. The average molecular weight is 213 g/mol.